The van der Waals surface area contributed by atoms with Crippen LogP contribution in [-0.4, -0.2) is 52.6 Å². The number of fused-ring (bicyclic) bond motifs is 1. The van der Waals surface area contributed by atoms with Crippen molar-refractivity contribution in [1.82, 2.24) is 19.7 Å². The first-order chi connectivity index (χ1) is 16.7. The molecule has 0 amide bonds. The number of aromatic nitrogens is 3. The van der Waals surface area contributed by atoms with Crippen LogP contribution in [0.15, 0.2) is 47.6 Å². The highest BCUT2D eigenvalue weighted by atomic mass is 32.2. The Kier molecular flexibility index (Phi) is 7.37. The summed E-state index contributed by atoms with van der Waals surface area (Å²) in [6.45, 7) is 6.51. The average molecular weight is 481 g/mol. The van der Waals surface area contributed by atoms with Gasteiger partial charge in [0.15, 0.2) is 16.7 Å². The van der Waals surface area contributed by atoms with Crippen molar-refractivity contribution in [3.8, 4) is 11.5 Å². The lowest BCUT2D eigenvalue weighted by Crippen LogP contribution is -2.23. The van der Waals surface area contributed by atoms with Gasteiger partial charge < -0.3 is 18.8 Å². The number of benzene rings is 2. The van der Waals surface area contributed by atoms with Crippen LogP contribution in [0.4, 0.5) is 0 Å². The molecule has 8 heteroatoms. The van der Waals surface area contributed by atoms with E-state index in [9.17, 15) is 0 Å². The maximum absolute atomic E-state index is 5.95. The molecule has 1 atom stereocenters. The van der Waals surface area contributed by atoms with Crippen LogP contribution < -0.4 is 9.47 Å². The van der Waals surface area contributed by atoms with Crippen molar-refractivity contribution in [2.45, 2.75) is 56.4 Å². The molecule has 2 aliphatic rings. The van der Waals surface area contributed by atoms with Crippen LogP contribution >= 0.6 is 11.8 Å². The van der Waals surface area contributed by atoms with Crippen LogP contribution in [0, 0.1) is 6.92 Å². The number of nitrogens with zero attached hydrogens (tertiary/aromatic N) is 4. The van der Waals surface area contributed by atoms with E-state index in [1.54, 1.807) is 11.8 Å². The van der Waals surface area contributed by atoms with Gasteiger partial charge in [-0.05, 0) is 55.6 Å². The SMILES string of the molecule is Cc1ccccc1CSc1nnc(CN(C)Cc2ccc3c(c2)OCCO3)n1C[C@@H]1CCCO1. The minimum Gasteiger partial charge on any atom is -0.486 e. The zero-order valence-electron chi connectivity index (χ0n) is 19.9. The number of hydrogen-bond acceptors (Lipinski definition) is 7. The third-order valence-electron chi connectivity index (χ3n) is 6.29. The Bertz CT molecular complexity index is 1110. The molecule has 7 nitrogen and oxygen atoms in total. The Morgan fingerprint density at radius 2 is 1.88 bits per heavy atom. The number of rotatable bonds is 9. The van der Waals surface area contributed by atoms with Crippen LogP contribution in [0.1, 0.15) is 35.4 Å². The Labute approximate surface area is 205 Å². The predicted molar refractivity (Wildman–Crippen MR) is 132 cm³/mol. The summed E-state index contributed by atoms with van der Waals surface area (Å²) in [5.41, 5.74) is 3.82. The molecule has 0 saturated carbocycles. The topological polar surface area (TPSA) is 61.6 Å². The van der Waals surface area contributed by atoms with Crippen molar-refractivity contribution in [3.63, 3.8) is 0 Å². The molecular weight excluding hydrogens is 448 g/mol. The van der Waals surface area contributed by atoms with Gasteiger partial charge in [0.25, 0.3) is 0 Å². The highest BCUT2D eigenvalue weighted by molar-refractivity contribution is 7.98. The van der Waals surface area contributed by atoms with E-state index in [0.717, 1.165) is 60.8 Å². The van der Waals surface area contributed by atoms with Crippen molar-refractivity contribution in [2.75, 3.05) is 26.9 Å². The first-order valence-corrected chi connectivity index (χ1v) is 12.9. The molecule has 0 radical (unpaired) electrons. The summed E-state index contributed by atoms with van der Waals surface area (Å²) in [6.07, 6.45) is 2.44. The first-order valence-electron chi connectivity index (χ1n) is 11.9. The molecule has 1 aromatic heterocycles. The van der Waals surface area contributed by atoms with Crippen LogP contribution in [0.5, 0.6) is 11.5 Å². The summed E-state index contributed by atoms with van der Waals surface area (Å²) < 4.78 is 19.6. The number of ether oxygens (including phenoxy) is 3. The molecule has 34 heavy (non-hydrogen) atoms. The third kappa shape index (κ3) is 5.56. The van der Waals surface area contributed by atoms with Gasteiger partial charge in [0.05, 0.1) is 19.2 Å². The second-order valence-electron chi connectivity index (χ2n) is 9.01. The number of thioether (sulfide) groups is 1. The summed E-state index contributed by atoms with van der Waals surface area (Å²) >= 11 is 1.75. The Morgan fingerprint density at radius 1 is 1.03 bits per heavy atom. The van der Waals surface area contributed by atoms with E-state index in [-0.39, 0.29) is 6.10 Å². The lowest BCUT2D eigenvalue weighted by atomic mass is 10.1. The molecular formula is C26H32N4O3S. The van der Waals surface area contributed by atoms with E-state index >= 15 is 0 Å². The largest absolute Gasteiger partial charge is 0.486 e. The highest BCUT2D eigenvalue weighted by Crippen LogP contribution is 2.31. The van der Waals surface area contributed by atoms with E-state index < -0.39 is 0 Å². The normalized spacial score (nSPS) is 17.4. The molecule has 0 bridgehead atoms. The summed E-state index contributed by atoms with van der Waals surface area (Å²) in [7, 11) is 2.11. The van der Waals surface area contributed by atoms with Crippen molar-refractivity contribution >= 4 is 11.8 Å². The van der Waals surface area contributed by atoms with Gasteiger partial charge in [0, 0.05) is 18.9 Å². The van der Waals surface area contributed by atoms with Crippen LogP contribution in [0.25, 0.3) is 0 Å². The molecule has 0 spiro atoms. The first kappa shape index (κ1) is 23.2. The molecule has 2 aromatic carbocycles. The fourth-order valence-corrected chi connectivity index (χ4v) is 5.47. The summed E-state index contributed by atoms with van der Waals surface area (Å²) in [4.78, 5) is 2.26. The molecule has 3 heterocycles. The van der Waals surface area contributed by atoms with Gasteiger partial charge in [-0.15, -0.1) is 10.2 Å². The maximum atomic E-state index is 5.95. The van der Waals surface area contributed by atoms with E-state index in [1.807, 2.05) is 6.07 Å². The van der Waals surface area contributed by atoms with E-state index in [4.69, 9.17) is 14.2 Å². The molecule has 0 aliphatic carbocycles. The number of hydrogen-bond donors (Lipinski definition) is 0. The Morgan fingerprint density at radius 3 is 2.71 bits per heavy atom. The molecule has 2 aliphatic heterocycles. The molecule has 1 fully saturated rings. The van der Waals surface area contributed by atoms with Gasteiger partial charge in [-0.3, -0.25) is 4.90 Å². The van der Waals surface area contributed by atoms with E-state index in [2.05, 4.69) is 70.0 Å². The smallest absolute Gasteiger partial charge is 0.191 e. The lowest BCUT2D eigenvalue weighted by molar-refractivity contribution is 0.0934. The molecule has 5 rings (SSSR count). The Balaban J connectivity index is 1.29. The molecule has 1 saturated heterocycles. The molecule has 3 aromatic rings. The minimum absolute atomic E-state index is 0.232. The fraction of sp³-hybridized carbons (Fsp3) is 0.462. The zero-order valence-corrected chi connectivity index (χ0v) is 20.7. The van der Waals surface area contributed by atoms with Crippen LogP contribution in [0.3, 0.4) is 0 Å². The van der Waals surface area contributed by atoms with Gasteiger partial charge in [0.2, 0.25) is 0 Å². The summed E-state index contributed by atoms with van der Waals surface area (Å²) in [5, 5.41) is 10.1. The average Bonchev–Trinajstić information content (AvgIpc) is 3.49. The number of aryl methyl sites for hydroxylation is 1. The lowest BCUT2D eigenvalue weighted by Gasteiger charge is -2.21. The van der Waals surface area contributed by atoms with E-state index in [1.165, 1.54) is 16.7 Å². The fourth-order valence-electron chi connectivity index (χ4n) is 4.43. The standard InChI is InChI=1S/C26H32N4O3S/c1-19-6-3-4-7-21(19)18-34-26-28-27-25(30(26)16-22-8-5-11-31-22)17-29(2)15-20-9-10-23-24(14-20)33-13-12-32-23/h3-4,6-7,9-10,14,22H,5,8,11-13,15-18H2,1-2H3/t22-/m0/s1. The summed E-state index contributed by atoms with van der Waals surface area (Å²) in [5.74, 6) is 3.50. The highest BCUT2D eigenvalue weighted by Gasteiger charge is 2.22. The van der Waals surface area contributed by atoms with Crippen molar-refractivity contribution in [3.05, 3.63) is 65.0 Å². The van der Waals surface area contributed by atoms with Gasteiger partial charge in [-0.1, -0.05) is 42.1 Å². The third-order valence-corrected chi connectivity index (χ3v) is 7.31. The van der Waals surface area contributed by atoms with Crippen molar-refractivity contribution in [1.29, 1.82) is 0 Å². The quantitative estimate of drug-likeness (QED) is 0.419. The summed E-state index contributed by atoms with van der Waals surface area (Å²) in [6, 6.07) is 14.7. The molecule has 180 valence electrons. The maximum Gasteiger partial charge on any atom is 0.191 e. The van der Waals surface area contributed by atoms with Crippen molar-refractivity contribution < 1.29 is 14.2 Å². The van der Waals surface area contributed by atoms with Gasteiger partial charge in [0.1, 0.15) is 19.0 Å². The van der Waals surface area contributed by atoms with E-state index in [0.29, 0.717) is 19.8 Å². The molecule has 0 unspecified atom stereocenters. The van der Waals surface area contributed by atoms with Gasteiger partial charge in [-0.25, -0.2) is 0 Å². The van der Waals surface area contributed by atoms with Crippen LogP contribution in [-0.2, 0) is 30.1 Å². The predicted octanol–water partition coefficient (Wildman–Crippen LogP) is 4.46. The minimum atomic E-state index is 0.232. The van der Waals surface area contributed by atoms with Gasteiger partial charge >= 0.3 is 0 Å². The zero-order chi connectivity index (χ0) is 23.3. The monoisotopic (exact) mass is 480 g/mol. The van der Waals surface area contributed by atoms with Crippen LogP contribution in [0.2, 0.25) is 0 Å². The van der Waals surface area contributed by atoms with Crippen molar-refractivity contribution in [2.24, 2.45) is 0 Å². The second kappa shape index (κ2) is 10.8. The van der Waals surface area contributed by atoms with Gasteiger partial charge in [-0.2, -0.15) is 0 Å². The molecule has 0 N–H and O–H groups in total. The second-order valence-corrected chi connectivity index (χ2v) is 9.95. The Hall–Kier alpha value is -2.55.